The topological polar surface area (TPSA) is 24.4 Å². The standard InChI is InChI=1S/C47H52N2/c1-7-9-20-40(41-21-13-11-14-22-41)25-17-19-36(3)45(26-10-8-2)47-28-18-27-46(37(47)4)44(35-48-6)33-34-49-38(5)39-29-31-43(32-30-39)42-23-15-12-16-24-42/h7-10,12-13,15-16,18,20-29,31,33-35,48H,1-2,11,14,17,19,30,32H2,3-6H3/b20-9-,26-10-,34-33-,40-25+,44-35+,45-36+,49-38?. The van der Waals surface area contributed by atoms with Crippen molar-refractivity contribution in [3.8, 4) is 0 Å². The number of benzene rings is 2. The molecule has 49 heavy (non-hydrogen) atoms. The van der Waals surface area contributed by atoms with Crippen LogP contribution in [0.5, 0.6) is 0 Å². The lowest BCUT2D eigenvalue weighted by Gasteiger charge is -2.16. The van der Waals surface area contributed by atoms with Gasteiger partial charge >= 0.3 is 0 Å². The molecule has 0 fully saturated rings. The van der Waals surface area contributed by atoms with Crippen LogP contribution in [-0.2, 0) is 0 Å². The molecule has 2 aliphatic rings. The number of rotatable bonds is 15. The number of hydrogen-bond acceptors (Lipinski definition) is 2. The van der Waals surface area contributed by atoms with Crippen LogP contribution in [0.1, 0.15) is 74.6 Å². The van der Waals surface area contributed by atoms with Gasteiger partial charge in [0, 0.05) is 25.2 Å². The first-order valence-corrected chi connectivity index (χ1v) is 17.5. The van der Waals surface area contributed by atoms with E-state index in [0.29, 0.717) is 0 Å². The summed E-state index contributed by atoms with van der Waals surface area (Å²) in [5.41, 5.74) is 14.9. The maximum absolute atomic E-state index is 4.86. The number of allylic oxidation sites excluding steroid dienone is 20. The molecule has 2 nitrogen and oxygen atoms in total. The lowest BCUT2D eigenvalue weighted by atomic mass is 9.89. The highest BCUT2D eigenvalue weighted by Crippen LogP contribution is 2.32. The van der Waals surface area contributed by atoms with Crippen LogP contribution in [0.4, 0.5) is 0 Å². The second kappa shape index (κ2) is 19.6. The summed E-state index contributed by atoms with van der Waals surface area (Å²) < 4.78 is 0. The summed E-state index contributed by atoms with van der Waals surface area (Å²) >= 11 is 0. The van der Waals surface area contributed by atoms with E-state index < -0.39 is 0 Å². The molecule has 0 aliphatic heterocycles. The van der Waals surface area contributed by atoms with Gasteiger partial charge < -0.3 is 5.32 Å². The lowest BCUT2D eigenvalue weighted by molar-refractivity contribution is 0.972. The smallest absolute Gasteiger partial charge is 0.0404 e. The molecule has 0 radical (unpaired) electrons. The molecule has 0 atom stereocenters. The van der Waals surface area contributed by atoms with E-state index in [2.05, 4.69) is 149 Å². The summed E-state index contributed by atoms with van der Waals surface area (Å²) in [6.07, 6.45) is 38.0. The molecule has 0 heterocycles. The molecular weight excluding hydrogens is 593 g/mol. The van der Waals surface area contributed by atoms with E-state index in [1.54, 1.807) is 0 Å². The van der Waals surface area contributed by atoms with Gasteiger partial charge in [0.15, 0.2) is 0 Å². The molecule has 2 aromatic carbocycles. The third kappa shape index (κ3) is 10.6. The fourth-order valence-electron chi connectivity index (χ4n) is 6.24. The van der Waals surface area contributed by atoms with E-state index >= 15 is 0 Å². The Morgan fingerprint density at radius 2 is 1.63 bits per heavy atom. The molecule has 0 spiro atoms. The molecular formula is C47H52N2. The van der Waals surface area contributed by atoms with E-state index in [-0.39, 0.29) is 0 Å². The number of nitrogens with zero attached hydrogens (tertiary/aromatic N) is 1. The fourth-order valence-corrected chi connectivity index (χ4v) is 6.24. The van der Waals surface area contributed by atoms with Crippen LogP contribution in [0.25, 0.3) is 16.7 Å². The first-order valence-electron chi connectivity index (χ1n) is 17.5. The Morgan fingerprint density at radius 1 is 0.857 bits per heavy atom. The highest BCUT2D eigenvalue weighted by molar-refractivity contribution is 6.00. The Kier molecular flexibility index (Phi) is 14.6. The molecule has 4 rings (SSSR count). The van der Waals surface area contributed by atoms with Crippen molar-refractivity contribution >= 4 is 22.4 Å². The van der Waals surface area contributed by atoms with Crippen LogP contribution < -0.4 is 5.32 Å². The van der Waals surface area contributed by atoms with Crippen molar-refractivity contribution in [3.05, 3.63) is 198 Å². The van der Waals surface area contributed by atoms with E-state index in [9.17, 15) is 0 Å². The van der Waals surface area contributed by atoms with Crippen LogP contribution in [-0.4, -0.2) is 12.8 Å². The number of aliphatic imine (C=N–C) groups is 1. The molecule has 0 saturated carbocycles. The summed E-state index contributed by atoms with van der Waals surface area (Å²) in [6, 6.07) is 17.2. The quantitative estimate of drug-likeness (QED) is 0.151. The Balaban J connectivity index is 1.58. The van der Waals surface area contributed by atoms with E-state index in [1.165, 1.54) is 55.7 Å². The van der Waals surface area contributed by atoms with E-state index in [0.717, 1.165) is 49.8 Å². The maximum Gasteiger partial charge on any atom is 0.0404 e. The Labute approximate surface area is 295 Å². The zero-order valence-electron chi connectivity index (χ0n) is 29.9. The first kappa shape index (κ1) is 36.6. The SMILES string of the molecule is C=C/C=C\C(=C/CC/C(C)=C(\C=C/C=C)c1cccc(C(/C=C\N=C(C)C2=CC=C(c3ccccc3)CC2)=C/NC)c1C)C1=CCCC=C1. The molecule has 250 valence electrons. The van der Waals surface area contributed by atoms with Gasteiger partial charge in [-0.25, -0.2) is 0 Å². The molecule has 2 aromatic rings. The summed E-state index contributed by atoms with van der Waals surface area (Å²) in [5.74, 6) is 0. The summed E-state index contributed by atoms with van der Waals surface area (Å²) in [4.78, 5) is 4.86. The van der Waals surface area contributed by atoms with E-state index in [1.807, 2.05) is 37.6 Å². The highest BCUT2D eigenvalue weighted by Gasteiger charge is 2.13. The van der Waals surface area contributed by atoms with Gasteiger partial charge in [-0.3, -0.25) is 4.99 Å². The summed E-state index contributed by atoms with van der Waals surface area (Å²) in [5, 5.41) is 3.25. The predicted octanol–water partition coefficient (Wildman–Crippen LogP) is 12.6. The molecule has 0 saturated heterocycles. The number of hydrogen-bond donors (Lipinski definition) is 1. The van der Waals surface area contributed by atoms with E-state index in [4.69, 9.17) is 4.99 Å². The Hall–Kier alpha value is -5.21. The van der Waals surface area contributed by atoms with Gasteiger partial charge in [-0.15, -0.1) is 0 Å². The lowest BCUT2D eigenvalue weighted by Crippen LogP contribution is -2.02. The monoisotopic (exact) mass is 644 g/mol. The zero-order chi connectivity index (χ0) is 34.8. The molecule has 1 N–H and O–H groups in total. The normalized spacial score (nSPS) is 16.5. The van der Waals surface area contributed by atoms with Gasteiger partial charge in [-0.1, -0.05) is 140 Å². The zero-order valence-corrected chi connectivity index (χ0v) is 29.9. The van der Waals surface area contributed by atoms with Gasteiger partial charge in [-0.2, -0.15) is 0 Å². The third-order valence-electron chi connectivity index (χ3n) is 9.00. The van der Waals surface area contributed by atoms with Crippen LogP contribution in [0.3, 0.4) is 0 Å². The minimum absolute atomic E-state index is 0.947. The van der Waals surface area contributed by atoms with Crippen molar-refractivity contribution in [2.75, 3.05) is 7.05 Å². The van der Waals surface area contributed by atoms with Gasteiger partial charge in [0.05, 0.1) is 0 Å². The van der Waals surface area contributed by atoms with Crippen LogP contribution in [0, 0.1) is 6.92 Å². The van der Waals surface area contributed by atoms with Gasteiger partial charge in [0.1, 0.15) is 0 Å². The van der Waals surface area contributed by atoms with Gasteiger partial charge in [0.25, 0.3) is 0 Å². The minimum atomic E-state index is 0.947. The van der Waals surface area contributed by atoms with Gasteiger partial charge in [0.2, 0.25) is 0 Å². The molecule has 2 aliphatic carbocycles. The third-order valence-corrected chi connectivity index (χ3v) is 9.00. The maximum atomic E-state index is 4.86. The van der Waals surface area contributed by atoms with Crippen molar-refractivity contribution in [2.45, 2.75) is 59.3 Å². The first-order chi connectivity index (χ1) is 24.0. The second-order valence-electron chi connectivity index (χ2n) is 12.4. The summed E-state index contributed by atoms with van der Waals surface area (Å²) in [6.45, 7) is 14.4. The van der Waals surface area contributed by atoms with Crippen LogP contribution >= 0.6 is 0 Å². The largest absolute Gasteiger partial charge is 0.393 e. The summed E-state index contributed by atoms with van der Waals surface area (Å²) in [7, 11) is 1.94. The fraction of sp³-hybridized carbons (Fsp3) is 0.213. The average Bonchev–Trinajstić information content (AvgIpc) is 3.14. The predicted molar refractivity (Wildman–Crippen MR) is 217 cm³/mol. The Morgan fingerprint density at radius 3 is 2.33 bits per heavy atom. The number of nitrogens with one attached hydrogen (secondary N) is 1. The van der Waals surface area contributed by atoms with Crippen molar-refractivity contribution in [1.29, 1.82) is 0 Å². The molecule has 0 amide bonds. The highest BCUT2D eigenvalue weighted by atomic mass is 14.8. The van der Waals surface area contributed by atoms with Crippen molar-refractivity contribution in [3.63, 3.8) is 0 Å². The van der Waals surface area contributed by atoms with Crippen LogP contribution in [0.2, 0.25) is 0 Å². The van der Waals surface area contributed by atoms with Crippen molar-refractivity contribution < 1.29 is 0 Å². The average molecular weight is 645 g/mol. The Bertz CT molecular complexity index is 1820. The van der Waals surface area contributed by atoms with Crippen LogP contribution in [0.15, 0.2) is 180 Å². The van der Waals surface area contributed by atoms with Crippen molar-refractivity contribution in [2.24, 2.45) is 4.99 Å². The molecule has 0 bridgehead atoms. The molecule has 0 aromatic heterocycles. The van der Waals surface area contributed by atoms with Crippen molar-refractivity contribution in [1.82, 2.24) is 5.32 Å². The molecule has 0 unspecified atom stereocenters. The van der Waals surface area contributed by atoms with Gasteiger partial charge in [-0.05, 0) is 121 Å². The molecule has 2 heteroatoms. The second-order valence-corrected chi connectivity index (χ2v) is 12.4. The minimum Gasteiger partial charge on any atom is -0.393 e.